The van der Waals surface area contributed by atoms with E-state index in [1.807, 2.05) is 30.3 Å². The number of rotatable bonds is 4. The molecule has 0 radical (unpaired) electrons. The van der Waals surface area contributed by atoms with Gasteiger partial charge in [-0.25, -0.2) is 4.79 Å². The first kappa shape index (κ1) is 14.9. The lowest BCUT2D eigenvalue weighted by atomic mass is 9.95. The lowest BCUT2D eigenvalue weighted by Gasteiger charge is -2.26. The molecule has 20 heavy (non-hydrogen) atoms. The Bertz CT molecular complexity index is 425. The van der Waals surface area contributed by atoms with Crippen molar-refractivity contribution < 1.29 is 9.90 Å². The summed E-state index contributed by atoms with van der Waals surface area (Å²) in [5, 5.41) is 16.1. The van der Waals surface area contributed by atoms with Gasteiger partial charge in [-0.3, -0.25) is 0 Å². The van der Waals surface area contributed by atoms with Crippen LogP contribution in [0.25, 0.3) is 0 Å². The van der Waals surface area contributed by atoms with Crippen LogP contribution in [0.1, 0.15) is 44.6 Å². The minimum absolute atomic E-state index is 0.187. The maximum Gasteiger partial charge on any atom is 0.315 e. The Morgan fingerprint density at radius 2 is 1.90 bits per heavy atom. The minimum atomic E-state index is -1.05. The molecule has 0 heterocycles. The van der Waals surface area contributed by atoms with Crippen LogP contribution >= 0.6 is 0 Å². The van der Waals surface area contributed by atoms with E-state index in [0.29, 0.717) is 0 Å². The van der Waals surface area contributed by atoms with Crippen molar-refractivity contribution in [3.63, 3.8) is 0 Å². The van der Waals surface area contributed by atoms with Crippen LogP contribution in [0.15, 0.2) is 30.3 Å². The van der Waals surface area contributed by atoms with E-state index in [4.69, 9.17) is 0 Å². The van der Waals surface area contributed by atoms with Crippen molar-refractivity contribution >= 4 is 6.03 Å². The molecule has 1 fully saturated rings. The van der Waals surface area contributed by atoms with Crippen molar-refractivity contribution in [1.29, 1.82) is 0 Å². The molecular formula is C16H24N2O2. The van der Waals surface area contributed by atoms with Crippen molar-refractivity contribution in [2.24, 2.45) is 0 Å². The maximum absolute atomic E-state index is 11.9. The lowest BCUT2D eigenvalue weighted by molar-refractivity contribution is 0.0592. The Morgan fingerprint density at radius 1 is 1.25 bits per heavy atom. The van der Waals surface area contributed by atoms with E-state index >= 15 is 0 Å². The molecular weight excluding hydrogens is 252 g/mol. The predicted octanol–water partition coefficient (Wildman–Crippen LogP) is 2.53. The van der Waals surface area contributed by atoms with Gasteiger partial charge in [0.05, 0.1) is 6.54 Å². The van der Waals surface area contributed by atoms with Crippen LogP contribution in [0.3, 0.4) is 0 Å². The van der Waals surface area contributed by atoms with E-state index in [2.05, 4.69) is 10.6 Å². The molecule has 0 spiro atoms. The fourth-order valence-corrected chi connectivity index (χ4v) is 2.64. The average Bonchev–Trinajstić information content (AvgIpc) is 2.47. The van der Waals surface area contributed by atoms with E-state index in [-0.39, 0.29) is 18.6 Å². The topological polar surface area (TPSA) is 61.4 Å². The number of hydrogen-bond donors (Lipinski definition) is 3. The third-order valence-electron chi connectivity index (χ3n) is 3.93. The molecule has 0 saturated heterocycles. The molecule has 2 amide bonds. The molecule has 4 heteroatoms. The highest BCUT2D eigenvalue weighted by Gasteiger charge is 2.24. The first-order valence-electron chi connectivity index (χ1n) is 7.40. The molecule has 1 saturated carbocycles. The van der Waals surface area contributed by atoms with Crippen LogP contribution < -0.4 is 10.6 Å². The largest absolute Gasteiger partial charge is 0.384 e. The van der Waals surface area contributed by atoms with Gasteiger partial charge >= 0.3 is 6.03 Å². The summed E-state index contributed by atoms with van der Waals surface area (Å²) in [4.78, 5) is 11.9. The molecule has 1 atom stereocenters. The smallest absolute Gasteiger partial charge is 0.315 e. The van der Waals surface area contributed by atoms with Gasteiger partial charge in [-0.1, -0.05) is 49.6 Å². The van der Waals surface area contributed by atoms with Gasteiger partial charge in [0, 0.05) is 6.04 Å². The third kappa shape index (κ3) is 4.23. The summed E-state index contributed by atoms with van der Waals surface area (Å²) < 4.78 is 0. The molecule has 1 aromatic rings. The van der Waals surface area contributed by atoms with E-state index in [1.54, 1.807) is 6.92 Å². The monoisotopic (exact) mass is 276 g/mol. The molecule has 4 nitrogen and oxygen atoms in total. The molecule has 1 unspecified atom stereocenters. The van der Waals surface area contributed by atoms with E-state index in [0.717, 1.165) is 18.4 Å². The Morgan fingerprint density at radius 3 is 2.55 bits per heavy atom. The first-order chi connectivity index (χ1) is 9.58. The van der Waals surface area contributed by atoms with Gasteiger partial charge in [0.25, 0.3) is 0 Å². The summed E-state index contributed by atoms with van der Waals surface area (Å²) >= 11 is 0. The summed E-state index contributed by atoms with van der Waals surface area (Å²) in [6, 6.07) is 9.49. The fraction of sp³-hybridized carbons (Fsp3) is 0.562. The summed E-state index contributed by atoms with van der Waals surface area (Å²) in [7, 11) is 0. The van der Waals surface area contributed by atoms with Crippen LogP contribution in [-0.2, 0) is 5.60 Å². The molecule has 1 aromatic carbocycles. The van der Waals surface area contributed by atoms with Gasteiger partial charge in [-0.2, -0.15) is 0 Å². The highest BCUT2D eigenvalue weighted by molar-refractivity contribution is 5.74. The summed E-state index contributed by atoms with van der Waals surface area (Å²) in [5.41, 5.74) is -0.247. The van der Waals surface area contributed by atoms with Crippen LogP contribution in [0, 0.1) is 0 Å². The van der Waals surface area contributed by atoms with Crippen LogP contribution in [0.4, 0.5) is 4.79 Å². The second kappa shape index (κ2) is 6.75. The Balaban J connectivity index is 1.80. The summed E-state index contributed by atoms with van der Waals surface area (Å²) in [5.74, 6) is 0. The van der Waals surface area contributed by atoms with Gasteiger partial charge in [0.15, 0.2) is 0 Å². The van der Waals surface area contributed by atoms with Crippen LogP contribution in [-0.4, -0.2) is 23.7 Å². The summed E-state index contributed by atoms with van der Waals surface area (Å²) in [6.45, 7) is 1.92. The maximum atomic E-state index is 11.9. The molecule has 0 aromatic heterocycles. The molecule has 0 bridgehead atoms. The third-order valence-corrected chi connectivity index (χ3v) is 3.93. The standard InChI is InChI=1S/C16H24N2O2/c1-16(20,13-8-4-2-5-9-13)12-17-15(19)18-14-10-6-3-7-11-14/h2,4-5,8-9,14,20H,3,6-7,10-12H2,1H3,(H2,17,18,19). The second-order valence-electron chi connectivity index (χ2n) is 5.80. The zero-order valence-electron chi connectivity index (χ0n) is 12.1. The number of urea groups is 1. The molecule has 1 aliphatic rings. The Kier molecular flexibility index (Phi) is 5.01. The van der Waals surface area contributed by atoms with Crippen molar-refractivity contribution in [1.82, 2.24) is 10.6 Å². The van der Waals surface area contributed by atoms with E-state index < -0.39 is 5.60 Å². The number of aliphatic hydroxyl groups is 1. The van der Waals surface area contributed by atoms with Gasteiger partial charge in [0.1, 0.15) is 5.60 Å². The molecule has 3 N–H and O–H groups in total. The molecule has 2 rings (SSSR count). The van der Waals surface area contributed by atoms with Crippen LogP contribution in [0.2, 0.25) is 0 Å². The Labute approximate surface area is 120 Å². The molecule has 1 aliphatic carbocycles. The van der Waals surface area contributed by atoms with Crippen LogP contribution in [0.5, 0.6) is 0 Å². The van der Waals surface area contributed by atoms with Gasteiger partial charge in [-0.15, -0.1) is 0 Å². The molecule has 110 valence electrons. The minimum Gasteiger partial charge on any atom is -0.384 e. The number of carbonyl (C=O) groups is 1. The Hall–Kier alpha value is -1.55. The normalized spacial score (nSPS) is 19.1. The van der Waals surface area contributed by atoms with Gasteiger partial charge < -0.3 is 15.7 Å². The average molecular weight is 276 g/mol. The van der Waals surface area contributed by atoms with Gasteiger partial charge in [-0.05, 0) is 25.3 Å². The highest BCUT2D eigenvalue weighted by atomic mass is 16.3. The van der Waals surface area contributed by atoms with Crippen molar-refractivity contribution in [2.75, 3.05) is 6.54 Å². The van der Waals surface area contributed by atoms with E-state index in [1.165, 1.54) is 19.3 Å². The highest BCUT2D eigenvalue weighted by Crippen LogP contribution is 2.19. The van der Waals surface area contributed by atoms with E-state index in [9.17, 15) is 9.90 Å². The zero-order chi connectivity index (χ0) is 14.4. The lowest BCUT2D eigenvalue weighted by Crippen LogP contribution is -2.47. The number of hydrogen-bond acceptors (Lipinski definition) is 2. The van der Waals surface area contributed by atoms with Gasteiger partial charge in [0.2, 0.25) is 0 Å². The molecule has 0 aliphatic heterocycles. The number of amides is 2. The first-order valence-corrected chi connectivity index (χ1v) is 7.40. The van der Waals surface area contributed by atoms with Crippen molar-refractivity contribution in [3.05, 3.63) is 35.9 Å². The predicted molar refractivity (Wildman–Crippen MR) is 79.4 cm³/mol. The number of benzene rings is 1. The quantitative estimate of drug-likeness (QED) is 0.791. The number of carbonyl (C=O) groups excluding carboxylic acids is 1. The zero-order valence-corrected chi connectivity index (χ0v) is 12.1. The SMILES string of the molecule is CC(O)(CNC(=O)NC1CCCCC1)c1ccccc1. The van der Waals surface area contributed by atoms with Crippen molar-refractivity contribution in [2.45, 2.75) is 50.7 Å². The van der Waals surface area contributed by atoms with Crippen molar-refractivity contribution in [3.8, 4) is 0 Å². The number of nitrogens with one attached hydrogen (secondary N) is 2. The fourth-order valence-electron chi connectivity index (χ4n) is 2.64. The summed E-state index contributed by atoms with van der Waals surface area (Å²) in [6.07, 6.45) is 5.76. The second-order valence-corrected chi connectivity index (χ2v) is 5.80.